The first-order chi connectivity index (χ1) is 12.8. The predicted octanol–water partition coefficient (Wildman–Crippen LogP) is 2.82. The monoisotopic (exact) mass is 393 g/mol. The van der Waals surface area contributed by atoms with Crippen LogP contribution in [0.4, 0.5) is 5.69 Å². The van der Waals surface area contributed by atoms with Gasteiger partial charge in [0, 0.05) is 0 Å². The van der Waals surface area contributed by atoms with E-state index in [9.17, 15) is 13.2 Å². The van der Waals surface area contributed by atoms with Crippen molar-refractivity contribution in [2.75, 3.05) is 26.1 Å². The standard InChI is InChI=1S/C18H19NO7S/c1-24-15-10-12(11-16(25-2)17(15)26-3)8-9-27(22,23)19-14-7-5-4-6-13(14)18(20)21/h4-11,19H,1-3H3,(H,20,21)/b9-8+. The lowest BCUT2D eigenvalue weighted by atomic mass is 10.2. The van der Waals surface area contributed by atoms with E-state index in [1.54, 1.807) is 12.1 Å². The van der Waals surface area contributed by atoms with Crippen molar-refractivity contribution >= 4 is 27.8 Å². The summed E-state index contributed by atoms with van der Waals surface area (Å²) in [7, 11) is 0.413. The van der Waals surface area contributed by atoms with Crippen molar-refractivity contribution in [1.29, 1.82) is 0 Å². The second-order valence-corrected chi connectivity index (χ2v) is 6.83. The molecule has 0 aliphatic carbocycles. The average Bonchev–Trinajstić information content (AvgIpc) is 2.65. The van der Waals surface area contributed by atoms with Gasteiger partial charge in [-0.25, -0.2) is 13.2 Å². The minimum Gasteiger partial charge on any atom is -0.493 e. The minimum absolute atomic E-state index is 0.0282. The highest BCUT2D eigenvalue weighted by Crippen LogP contribution is 2.38. The summed E-state index contributed by atoms with van der Waals surface area (Å²) in [5, 5.41) is 10.1. The molecule has 0 spiro atoms. The van der Waals surface area contributed by atoms with Crippen molar-refractivity contribution in [3.63, 3.8) is 0 Å². The Morgan fingerprint density at radius 3 is 2.15 bits per heavy atom. The van der Waals surface area contributed by atoms with Gasteiger partial charge < -0.3 is 19.3 Å². The quantitative estimate of drug-likeness (QED) is 0.709. The largest absolute Gasteiger partial charge is 0.493 e. The Kier molecular flexibility index (Phi) is 6.30. The van der Waals surface area contributed by atoms with Gasteiger partial charge in [0.15, 0.2) is 11.5 Å². The van der Waals surface area contributed by atoms with Crippen molar-refractivity contribution in [2.45, 2.75) is 0 Å². The molecule has 9 heteroatoms. The van der Waals surface area contributed by atoms with Crippen LogP contribution in [0.25, 0.3) is 6.08 Å². The van der Waals surface area contributed by atoms with Gasteiger partial charge in [0.2, 0.25) is 5.75 Å². The average molecular weight is 393 g/mol. The molecular formula is C18H19NO7S. The molecule has 0 radical (unpaired) electrons. The molecule has 0 saturated heterocycles. The normalized spacial score (nSPS) is 11.2. The highest BCUT2D eigenvalue weighted by atomic mass is 32.2. The summed E-state index contributed by atoms with van der Waals surface area (Å²) in [5.41, 5.74) is 0.309. The molecule has 0 heterocycles. The lowest BCUT2D eigenvalue weighted by Gasteiger charge is -2.13. The third kappa shape index (κ3) is 4.91. The van der Waals surface area contributed by atoms with Crippen molar-refractivity contribution in [2.24, 2.45) is 0 Å². The number of sulfonamides is 1. The molecule has 8 nitrogen and oxygen atoms in total. The highest BCUT2D eigenvalue weighted by molar-refractivity contribution is 7.95. The second kappa shape index (κ2) is 8.45. The van der Waals surface area contributed by atoms with Crippen LogP contribution in [0.1, 0.15) is 15.9 Å². The van der Waals surface area contributed by atoms with Crippen LogP contribution in [-0.2, 0) is 10.0 Å². The number of nitrogens with one attached hydrogen (secondary N) is 1. The SMILES string of the molecule is COc1cc(/C=C/S(=O)(=O)Nc2ccccc2C(=O)O)cc(OC)c1OC. The van der Waals surface area contributed by atoms with Crippen LogP contribution in [0, 0.1) is 0 Å². The van der Waals surface area contributed by atoms with Gasteiger partial charge in [-0.05, 0) is 35.9 Å². The van der Waals surface area contributed by atoms with E-state index in [2.05, 4.69) is 4.72 Å². The smallest absolute Gasteiger partial charge is 0.337 e. The molecule has 0 aliphatic rings. The summed E-state index contributed by atoms with van der Waals surface area (Å²) in [5.74, 6) is -0.105. The maximum Gasteiger partial charge on any atom is 0.337 e. The molecule has 0 amide bonds. The summed E-state index contributed by atoms with van der Waals surface area (Å²) in [6.45, 7) is 0. The molecule has 27 heavy (non-hydrogen) atoms. The number of carboxylic acids is 1. The van der Waals surface area contributed by atoms with Crippen LogP contribution >= 0.6 is 0 Å². The molecule has 2 rings (SSSR count). The van der Waals surface area contributed by atoms with Gasteiger partial charge in [-0.1, -0.05) is 12.1 Å². The summed E-state index contributed by atoms with van der Waals surface area (Å²) in [6.07, 6.45) is 1.33. The molecule has 2 N–H and O–H groups in total. The maximum absolute atomic E-state index is 12.3. The third-order valence-electron chi connectivity index (χ3n) is 3.54. The van der Waals surface area contributed by atoms with E-state index in [0.717, 1.165) is 5.41 Å². The van der Waals surface area contributed by atoms with Crippen LogP contribution in [-0.4, -0.2) is 40.8 Å². The first-order valence-corrected chi connectivity index (χ1v) is 9.19. The molecule has 2 aromatic carbocycles. The van der Waals surface area contributed by atoms with E-state index in [1.807, 2.05) is 0 Å². The number of carboxylic acid groups (broad SMARTS) is 1. The Bertz CT molecular complexity index is 942. The number of aromatic carboxylic acids is 1. The van der Waals surface area contributed by atoms with Crippen LogP contribution in [0.3, 0.4) is 0 Å². The Morgan fingerprint density at radius 1 is 1.04 bits per heavy atom. The number of para-hydroxylation sites is 1. The van der Waals surface area contributed by atoms with E-state index in [1.165, 1.54) is 51.7 Å². The number of rotatable bonds is 8. The molecule has 144 valence electrons. The third-order valence-corrected chi connectivity index (χ3v) is 4.54. The lowest BCUT2D eigenvalue weighted by molar-refractivity contribution is 0.0698. The number of benzene rings is 2. The van der Waals surface area contributed by atoms with Gasteiger partial charge in [0.05, 0.1) is 38.0 Å². The van der Waals surface area contributed by atoms with Gasteiger partial charge in [0.1, 0.15) is 0 Å². The van der Waals surface area contributed by atoms with Crippen molar-refractivity contribution in [1.82, 2.24) is 0 Å². The molecule has 0 saturated carbocycles. The zero-order valence-electron chi connectivity index (χ0n) is 14.9. The summed E-state index contributed by atoms with van der Waals surface area (Å²) >= 11 is 0. The Labute approximate surface area is 157 Å². The van der Waals surface area contributed by atoms with Gasteiger partial charge in [-0.15, -0.1) is 0 Å². The number of ether oxygens (including phenoxy) is 3. The minimum atomic E-state index is -3.95. The zero-order chi connectivity index (χ0) is 20.0. The molecule has 0 fully saturated rings. The van der Waals surface area contributed by atoms with Gasteiger partial charge in [-0.3, -0.25) is 4.72 Å². The first-order valence-electron chi connectivity index (χ1n) is 7.64. The zero-order valence-corrected chi connectivity index (χ0v) is 15.7. The highest BCUT2D eigenvalue weighted by Gasteiger charge is 2.15. The molecular weight excluding hydrogens is 374 g/mol. The number of hydrogen-bond acceptors (Lipinski definition) is 6. The molecule has 0 bridgehead atoms. The molecule has 0 aromatic heterocycles. The summed E-state index contributed by atoms with van der Waals surface area (Å²) in [4.78, 5) is 11.2. The van der Waals surface area contributed by atoms with E-state index in [4.69, 9.17) is 19.3 Å². The predicted molar refractivity (Wildman–Crippen MR) is 101 cm³/mol. The van der Waals surface area contributed by atoms with Crippen molar-refractivity contribution in [3.05, 3.63) is 52.9 Å². The van der Waals surface area contributed by atoms with E-state index >= 15 is 0 Å². The molecule has 0 atom stereocenters. The van der Waals surface area contributed by atoms with Crippen molar-refractivity contribution < 1.29 is 32.5 Å². The van der Waals surface area contributed by atoms with Crippen LogP contribution in [0.15, 0.2) is 41.8 Å². The topological polar surface area (TPSA) is 111 Å². The number of hydrogen-bond donors (Lipinski definition) is 2. The van der Waals surface area contributed by atoms with Crippen LogP contribution < -0.4 is 18.9 Å². The summed E-state index contributed by atoms with van der Waals surface area (Å²) < 4.78 is 42.5. The Morgan fingerprint density at radius 2 is 1.63 bits per heavy atom. The number of anilines is 1. The van der Waals surface area contributed by atoms with E-state index in [0.29, 0.717) is 22.8 Å². The van der Waals surface area contributed by atoms with E-state index < -0.39 is 16.0 Å². The lowest BCUT2D eigenvalue weighted by Crippen LogP contribution is -2.12. The molecule has 2 aromatic rings. The molecule has 0 aliphatic heterocycles. The Hall–Kier alpha value is -3.20. The number of carbonyl (C=O) groups is 1. The Balaban J connectivity index is 2.33. The van der Waals surface area contributed by atoms with Crippen LogP contribution in [0.2, 0.25) is 0 Å². The van der Waals surface area contributed by atoms with Crippen LogP contribution in [0.5, 0.6) is 17.2 Å². The van der Waals surface area contributed by atoms with Gasteiger partial charge in [0.25, 0.3) is 10.0 Å². The fraction of sp³-hybridized carbons (Fsp3) is 0.167. The number of methoxy groups -OCH3 is 3. The maximum atomic E-state index is 12.3. The summed E-state index contributed by atoms with van der Waals surface area (Å²) in [6, 6.07) is 8.88. The second-order valence-electron chi connectivity index (χ2n) is 5.26. The fourth-order valence-corrected chi connectivity index (χ4v) is 3.20. The van der Waals surface area contributed by atoms with E-state index in [-0.39, 0.29) is 11.3 Å². The first kappa shape index (κ1) is 20.1. The van der Waals surface area contributed by atoms with Gasteiger partial charge >= 0.3 is 5.97 Å². The molecule has 0 unspecified atom stereocenters. The fourth-order valence-electron chi connectivity index (χ4n) is 2.31. The van der Waals surface area contributed by atoms with Crippen molar-refractivity contribution in [3.8, 4) is 17.2 Å². The van der Waals surface area contributed by atoms with Gasteiger partial charge in [-0.2, -0.15) is 0 Å².